The molecule has 2 aliphatic rings. The largest absolute Gasteiger partial charge is 0.309 e. The Balaban J connectivity index is 1.32. The highest BCUT2D eigenvalue weighted by atomic mass is 15.1. The molecule has 0 spiro atoms. The molecule has 1 heteroatoms. The molecule has 0 unspecified atom stereocenters. The smallest absolute Gasteiger partial charge is 0.0621 e. The Kier molecular flexibility index (Phi) is 6.14. The molecule has 0 saturated carbocycles. The minimum absolute atomic E-state index is 0.158. The van der Waals surface area contributed by atoms with E-state index in [9.17, 15) is 0 Å². The maximum atomic E-state index is 2.60. The summed E-state index contributed by atoms with van der Waals surface area (Å²) in [6.45, 7) is 9.66. The second-order valence-corrected chi connectivity index (χ2v) is 16.1. The monoisotopic (exact) mass is 677 g/mol. The molecule has 2 aliphatic carbocycles. The van der Waals surface area contributed by atoms with E-state index in [0.29, 0.717) is 0 Å². The SMILES string of the molecule is CC1(C)c2cc3ccccc3c(N(c3ccccc3)c3cc4c(c5ccccc35)C(C)(C)c3ccc5ccccc5c3-4)c2-c2ccc3ccccc3c21. The number of benzene rings is 9. The van der Waals surface area contributed by atoms with Crippen LogP contribution in [-0.2, 0) is 10.8 Å². The molecule has 0 N–H and O–H groups in total. The Morgan fingerprint density at radius 2 is 0.925 bits per heavy atom. The first kappa shape index (κ1) is 30.4. The van der Waals surface area contributed by atoms with Crippen molar-refractivity contribution in [2.75, 3.05) is 4.90 Å². The predicted molar refractivity (Wildman–Crippen MR) is 226 cm³/mol. The Labute approximate surface area is 310 Å². The summed E-state index contributed by atoms with van der Waals surface area (Å²) in [7, 11) is 0. The van der Waals surface area contributed by atoms with E-state index in [0.717, 1.165) is 5.69 Å². The first-order chi connectivity index (χ1) is 25.8. The van der Waals surface area contributed by atoms with Gasteiger partial charge in [-0.2, -0.15) is 0 Å². The van der Waals surface area contributed by atoms with E-state index < -0.39 is 0 Å². The Bertz CT molecular complexity index is 3000. The van der Waals surface area contributed by atoms with Crippen LogP contribution in [-0.4, -0.2) is 0 Å². The van der Waals surface area contributed by atoms with Gasteiger partial charge in [0.05, 0.1) is 11.4 Å². The molecule has 9 aromatic rings. The maximum Gasteiger partial charge on any atom is 0.0621 e. The Morgan fingerprint density at radius 1 is 0.377 bits per heavy atom. The van der Waals surface area contributed by atoms with Crippen molar-refractivity contribution in [1.82, 2.24) is 0 Å². The van der Waals surface area contributed by atoms with Crippen LogP contribution >= 0.6 is 0 Å². The number of hydrogen-bond acceptors (Lipinski definition) is 1. The summed E-state index contributed by atoms with van der Waals surface area (Å²) in [4.78, 5) is 2.60. The predicted octanol–water partition coefficient (Wildman–Crippen LogP) is 14.4. The molecule has 53 heavy (non-hydrogen) atoms. The van der Waals surface area contributed by atoms with Gasteiger partial charge in [0.2, 0.25) is 0 Å². The molecule has 0 fully saturated rings. The zero-order valence-electron chi connectivity index (χ0n) is 30.5. The molecule has 0 bridgehead atoms. The van der Waals surface area contributed by atoms with Gasteiger partial charge in [0.15, 0.2) is 0 Å². The van der Waals surface area contributed by atoms with Gasteiger partial charge in [-0.15, -0.1) is 0 Å². The van der Waals surface area contributed by atoms with Crippen LogP contribution < -0.4 is 4.90 Å². The lowest BCUT2D eigenvalue weighted by molar-refractivity contribution is 0.666. The number of para-hydroxylation sites is 1. The molecule has 9 aromatic carbocycles. The van der Waals surface area contributed by atoms with Crippen LogP contribution in [0.5, 0.6) is 0 Å². The van der Waals surface area contributed by atoms with Gasteiger partial charge >= 0.3 is 0 Å². The molecule has 11 rings (SSSR count). The van der Waals surface area contributed by atoms with Gasteiger partial charge in [0.1, 0.15) is 0 Å². The summed E-state index contributed by atoms with van der Waals surface area (Å²) in [6.07, 6.45) is 0. The van der Waals surface area contributed by atoms with E-state index in [2.05, 4.69) is 196 Å². The van der Waals surface area contributed by atoms with Crippen LogP contribution in [0.25, 0.3) is 65.3 Å². The fourth-order valence-corrected chi connectivity index (χ4v) is 10.2. The van der Waals surface area contributed by atoms with Crippen molar-refractivity contribution in [1.29, 1.82) is 0 Å². The van der Waals surface area contributed by atoms with Crippen molar-refractivity contribution < 1.29 is 0 Å². The summed E-state index contributed by atoms with van der Waals surface area (Å²) in [5, 5.41) is 10.3. The zero-order chi connectivity index (χ0) is 35.6. The van der Waals surface area contributed by atoms with Crippen molar-refractivity contribution >= 4 is 60.2 Å². The second kappa shape index (κ2) is 10.7. The van der Waals surface area contributed by atoms with Crippen molar-refractivity contribution in [3.63, 3.8) is 0 Å². The molecular formula is C52H39N. The highest BCUT2D eigenvalue weighted by Crippen LogP contribution is 2.60. The summed E-state index contributed by atoms with van der Waals surface area (Å²) in [5.74, 6) is 0. The fourth-order valence-electron chi connectivity index (χ4n) is 10.2. The van der Waals surface area contributed by atoms with Crippen molar-refractivity contribution in [3.05, 3.63) is 186 Å². The zero-order valence-corrected chi connectivity index (χ0v) is 30.5. The molecule has 0 heterocycles. The minimum atomic E-state index is -0.200. The summed E-state index contributed by atoms with van der Waals surface area (Å²) < 4.78 is 0. The van der Waals surface area contributed by atoms with Crippen LogP contribution in [0.2, 0.25) is 0 Å². The Hall–Kier alpha value is -6.18. The van der Waals surface area contributed by atoms with E-state index in [1.54, 1.807) is 0 Å². The standard InChI is InChI=1S/C52H39N/c1-51(2)43-29-27-32-16-8-11-21-36(32)46(43)42-31-45(39-24-14-15-25-40(39)49(42)51)53(35-19-6-5-7-20-35)50-38-23-13-10-18-34(38)30-44-47(50)41-28-26-33-17-9-12-22-37(33)48(41)52(44,3)4/h5-31H,1-4H3. The van der Waals surface area contributed by atoms with Gasteiger partial charge in [-0.1, -0.05) is 167 Å². The lowest BCUT2D eigenvalue weighted by Gasteiger charge is -2.32. The van der Waals surface area contributed by atoms with Crippen LogP contribution in [0.1, 0.15) is 49.9 Å². The van der Waals surface area contributed by atoms with E-state index in [1.165, 1.54) is 99.0 Å². The lowest BCUT2D eigenvalue weighted by atomic mass is 9.79. The molecule has 0 amide bonds. The third kappa shape index (κ3) is 4.03. The van der Waals surface area contributed by atoms with Gasteiger partial charge in [-0.3, -0.25) is 0 Å². The summed E-state index contributed by atoms with van der Waals surface area (Å²) in [6, 6.07) is 61.4. The van der Waals surface area contributed by atoms with E-state index in [4.69, 9.17) is 0 Å². The lowest BCUT2D eigenvalue weighted by Crippen LogP contribution is -2.18. The molecule has 0 radical (unpaired) electrons. The number of rotatable bonds is 3. The summed E-state index contributed by atoms with van der Waals surface area (Å²) in [5.41, 5.74) is 14.2. The molecule has 0 aliphatic heterocycles. The fraction of sp³-hybridized carbons (Fsp3) is 0.115. The van der Waals surface area contributed by atoms with Crippen molar-refractivity contribution in [2.24, 2.45) is 0 Å². The van der Waals surface area contributed by atoms with E-state index in [-0.39, 0.29) is 10.8 Å². The number of nitrogens with zero attached hydrogens (tertiary/aromatic N) is 1. The molecule has 0 saturated heterocycles. The maximum absolute atomic E-state index is 2.60. The topological polar surface area (TPSA) is 3.24 Å². The molecule has 252 valence electrons. The third-order valence-corrected chi connectivity index (χ3v) is 12.5. The average Bonchev–Trinajstić information content (AvgIpc) is 3.57. The van der Waals surface area contributed by atoms with Crippen LogP contribution in [0.4, 0.5) is 17.1 Å². The quantitative estimate of drug-likeness (QED) is 0.180. The molecule has 1 nitrogen and oxygen atoms in total. The third-order valence-electron chi connectivity index (χ3n) is 12.5. The number of anilines is 3. The van der Waals surface area contributed by atoms with Crippen molar-refractivity contribution in [3.8, 4) is 22.3 Å². The first-order valence-corrected chi connectivity index (χ1v) is 18.9. The van der Waals surface area contributed by atoms with Crippen molar-refractivity contribution in [2.45, 2.75) is 38.5 Å². The van der Waals surface area contributed by atoms with Gasteiger partial charge in [0.25, 0.3) is 0 Å². The number of fused-ring (bicyclic) bond motifs is 13. The first-order valence-electron chi connectivity index (χ1n) is 18.9. The molecule has 0 aromatic heterocycles. The molecule has 0 atom stereocenters. The highest BCUT2D eigenvalue weighted by Gasteiger charge is 2.42. The van der Waals surface area contributed by atoms with Crippen LogP contribution in [0.3, 0.4) is 0 Å². The summed E-state index contributed by atoms with van der Waals surface area (Å²) >= 11 is 0. The average molecular weight is 678 g/mol. The van der Waals surface area contributed by atoms with E-state index >= 15 is 0 Å². The van der Waals surface area contributed by atoms with Gasteiger partial charge < -0.3 is 4.90 Å². The van der Waals surface area contributed by atoms with Gasteiger partial charge in [-0.05, 0) is 95.5 Å². The second-order valence-electron chi connectivity index (χ2n) is 16.1. The van der Waals surface area contributed by atoms with Crippen LogP contribution in [0, 0.1) is 0 Å². The molecular weight excluding hydrogens is 639 g/mol. The number of hydrogen-bond donors (Lipinski definition) is 0. The Morgan fingerprint density at radius 3 is 1.68 bits per heavy atom. The highest BCUT2D eigenvalue weighted by molar-refractivity contribution is 6.16. The van der Waals surface area contributed by atoms with Gasteiger partial charge in [-0.25, -0.2) is 0 Å². The normalized spacial score (nSPS) is 14.7. The van der Waals surface area contributed by atoms with Gasteiger partial charge in [0, 0.05) is 32.9 Å². The van der Waals surface area contributed by atoms with Crippen LogP contribution in [0.15, 0.2) is 164 Å². The van der Waals surface area contributed by atoms with E-state index in [1.807, 2.05) is 0 Å². The minimum Gasteiger partial charge on any atom is -0.309 e.